The summed E-state index contributed by atoms with van der Waals surface area (Å²) in [6.45, 7) is 6.23. The van der Waals surface area contributed by atoms with E-state index in [9.17, 15) is 4.79 Å². The lowest BCUT2D eigenvalue weighted by Gasteiger charge is -2.09. The van der Waals surface area contributed by atoms with E-state index in [4.69, 9.17) is 4.74 Å². The molecule has 4 rings (SSSR count). The number of rotatable bonds is 9. The molecule has 0 bridgehead atoms. The van der Waals surface area contributed by atoms with Gasteiger partial charge < -0.3 is 15.0 Å². The van der Waals surface area contributed by atoms with Gasteiger partial charge in [-0.3, -0.25) is 19.9 Å². The molecule has 0 atom stereocenters. The first-order valence-corrected chi connectivity index (χ1v) is 11.4. The van der Waals surface area contributed by atoms with Crippen molar-refractivity contribution in [1.29, 1.82) is 0 Å². The number of aliphatic imine (C=N–C) groups is 1. The Bertz CT molecular complexity index is 1420. The lowest BCUT2D eigenvalue weighted by molar-refractivity contribution is 0.102. The van der Waals surface area contributed by atoms with Crippen LogP contribution in [-0.4, -0.2) is 46.8 Å². The van der Waals surface area contributed by atoms with E-state index in [-0.39, 0.29) is 5.91 Å². The maximum absolute atomic E-state index is 13.0. The lowest BCUT2D eigenvalue weighted by atomic mass is 10.0. The number of H-pyrrole nitrogens is 1. The van der Waals surface area contributed by atoms with Crippen molar-refractivity contribution < 1.29 is 9.53 Å². The molecule has 2 N–H and O–H groups in total. The first-order chi connectivity index (χ1) is 17.4. The van der Waals surface area contributed by atoms with Crippen LogP contribution in [0, 0.1) is 0 Å². The molecule has 0 saturated heterocycles. The Morgan fingerprint density at radius 2 is 1.97 bits per heavy atom. The number of ether oxygens (including phenoxy) is 1. The third kappa shape index (κ3) is 6.11. The average molecular weight is 481 g/mol. The Hall–Kier alpha value is -4.56. The van der Waals surface area contributed by atoms with Crippen molar-refractivity contribution >= 4 is 34.8 Å². The van der Waals surface area contributed by atoms with Crippen molar-refractivity contribution in [2.45, 2.75) is 13.5 Å². The predicted octanol–water partition coefficient (Wildman–Crippen LogP) is 5.30. The fourth-order valence-corrected chi connectivity index (χ4v) is 3.64. The average Bonchev–Trinajstić information content (AvgIpc) is 3.29. The van der Waals surface area contributed by atoms with E-state index >= 15 is 0 Å². The van der Waals surface area contributed by atoms with Gasteiger partial charge in [0, 0.05) is 11.9 Å². The molecule has 0 spiro atoms. The first kappa shape index (κ1) is 24.6. The number of fused-ring (bicyclic) bond motifs is 1. The van der Waals surface area contributed by atoms with Gasteiger partial charge in [-0.05, 0) is 81.3 Å². The quantitative estimate of drug-likeness (QED) is 0.193. The van der Waals surface area contributed by atoms with Gasteiger partial charge in [-0.15, -0.1) is 0 Å². The first-order valence-electron chi connectivity index (χ1n) is 11.4. The Kier molecular flexibility index (Phi) is 7.67. The van der Waals surface area contributed by atoms with Crippen molar-refractivity contribution in [3.05, 3.63) is 102 Å². The van der Waals surface area contributed by atoms with Crippen molar-refractivity contribution in [2.24, 2.45) is 4.99 Å². The number of carbonyl (C=O) groups excluding carboxylic acids is 1. The topological polar surface area (TPSA) is 95.5 Å². The lowest BCUT2D eigenvalue weighted by Crippen LogP contribution is -2.14. The second-order valence-corrected chi connectivity index (χ2v) is 8.52. The van der Waals surface area contributed by atoms with Crippen LogP contribution in [0.4, 0.5) is 5.69 Å². The number of aromatic nitrogens is 3. The maximum Gasteiger partial charge on any atom is 0.276 e. The second kappa shape index (κ2) is 11.2. The molecule has 0 unspecified atom stereocenters. The van der Waals surface area contributed by atoms with Crippen LogP contribution in [0.5, 0.6) is 5.75 Å². The van der Waals surface area contributed by atoms with Gasteiger partial charge >= 0.3 is 0 Å². The highest BCUT2D eigenvalue weighted by Gasteiger charge is 2.16. The van der Waals surface area contributed by atoms with Crippen molar-refractivity contribution in [2.75, 3.05) is 19.4 Å². The summed E-state index contributed by atoms with van der Waals surface area (Å²) in [5.41, 5.74) is 4.44. The van der Waals surface area contributed by atoms with Gasteiger partial charge in [-0.2, -0.15) is 5.10 Å². The molecule has 1 amide bonds. The van der Waals surface area contributed by atoms with Gasteiger partial charge in [-0.1, -0.05) is 24.3 Å². The largest absolute Gasteiger partial charge is 0.456 e. The Balaban J connectivity index is 1.56. The fourth-order valence-electron chi connectivity index (χ4n) is 3.64. The van der Waals surface area contributed by atoms with Crippen LogP contribution < -0.4 is 10.1 Å². The highest BCUT2D eigenvalue weighted by molar-refractivity contribution is 6.11. The summed E-state index contributed by atoms with van der Waals surface area (Å²) in [4.78, 5) is 23.3. The number of para-hydroxylation sites is 1. The van der Waals surface area contributed by atoms with Crippen molar-refractivity contribution in [3.63, 3.8) is 0 Å². The highest BCUT2D eigenvalue weighted by Crippen LogP contribution is 2.25. The van der Waals surface area contributed by atoms with E-state index in [1.165, 1.54) is 0 Å². The summed E-state index contributed by atoms with van der Waals surface area (Å²) < 4.78 is 5.94. The Morgan fingerprint density at radius 3 is 2.67 bits per heavy atom. The molecular formula is C28H28N6O2. The zero-order valence-corrected chi connectivity index (χ0v) is 20.5. The number of pyridine rings is 1. The molecular weight excluding hydrogens is 452 g/mol. The van der Waals surface area contributed by atoms with Crippen LogP contribution in [-0.2, 0) is 6.54 Å². The van der Waals surface area contributed by atoms with Gasteiger partial charge in [0.2, 0.25) is 0 Å². The van der Waals surface area contributed by atoms with Gasteiger partial charge in [0.15, 0.2) is 5.69 Å². The number of carbonyl (C=O) groups is 1. The van der Waals surface area contributed by atoms with E-state index in [1.54, 1.807) is 12.4 Å². The molecule has 182 valence electrons. The molecule has 0 aliphatic carbocycles. The smallest absolute Gasteiger partial charge is 0.276 e. The number of nitrogens with zero attached hydrogens (tertiary/aromatic N) is 4. The molecule has 8 nitrogen and oxygen atoms in total. The van der Waals surface area contributed by atoms with Crippen LogP contribution in [0.2, 0.25) is 0 Å². The highest BCUT2D eigenvalue weighted by atomic mass is 16.5. The van der Waals surface area contributed by atoms with Crippen LogP contribution in [0.25, 0.3) is 16.5 Å². The maximum atomic E-state index is 13.0. The minimum absolute atomic E-state index is 0.307. The predicted molar refractivity (Wildman–Crippen MR) is 144 cm³/mol. The van der Waals surface area contributed by atoms with Crippen LogP contribution in [0.1, 0.15) is 28.7 Å². The van der Waals surface area contributed by atoms with Gasteiger partial charge in [0.05, 0.1) is 29.3 Å². The van der Waals surface area contributed by atoms with E-state index in [1.807, 2.05) is 92.7 Å². The van der Waals surface area contributed by atoms with E-state index in [0.717, 1.165) is 28.9 Å². The van der Waals surface area contributed by atoms with Gasteiger partial charge in [-0.25, -0.2) is 0 Å². The van der Waals surface area contributed by atoms with Crippen molar-refractivity contribution in [1.82, 2.24) is 20.1 Å². The van der Waals surface area contributed by atoms with Gasteiger partial charge in [0.1, 0.15) is 11.5 Å². The number of aromatic amines is 1. The number of hydrogen-bond acceptors (Lipinski definition) is 6. The number of benzene rings is 2. The standard InChI is InChI=1S/C28H28N6O2/c1-19(14-24(17-29-2)36-23-8-6-5-7-9-23)20-10-13-26-25(15-20)27(33-32-26)28(35)31-21-11-12-22(30-16-21)18-34(3)4/h5-17H,2,18H2,1,3-4H3,(H,31,35)(H,32,33)/b19-14+,24-17+. The van der Waals surface area contributed by atoms with Gasteiger partial charge in [0.25, 0.3) is 5.91 Å². The van der Waals surface area contributed by atoms with Crippen LogP contribution in [0.15, 0.2) is 89.9 Å². The molecule has 36 heavy (non-hydrogen) atoms. The van der Waals surface area contributed by atoms with Crippen molar-refractivity contribution in [3.8, 4) is 5.75 Å². The molecule has 0 fully saturated rings. The van der Waals surface area contributed by atoms with Crippen LogP contribution in [0.3, 0.4) is 0 Å². The zero-order chi connectivity index (χ0) is 25.5. The summed E-state index contributed by atoms with van der Waals surface area (Å²) in [6.07, 6.45) is 5.09. The molecule has 8 heteroatoms. The number of nitrogens with one attached hydrogen (secondary N) is 2. The molecule has 0 aliphatic heterocycles. The summed E-state index contributed by atoms with van der Waals surface area (Å²) in [5, 5.41) is 10.8. The second-order valence-electron chi connectivity index (χ2n) is 8.52. The minimum atomic E-state index is -0.314. The SMILES string of the molecule is C=N/C=C(\C=C(/C)c1ccc2[nH]nc(C(=O)Nc3ccc(CN(C)C)nc3)c2c1)Oc1ccccc1. The zero-order valence-electron chi connectivity index (χ0n) is 20.5. The molecule has 2 aromatic carbocycles. The molecule has 0 saturated carbocycles. The Morgan fingerprint density at radius 1 is 1.17 bits per heavy atom. The fraction of sp³-hybridized carbons (Fsp3) is 0.143. The van der Waals surface area contributed by atoms with E-state index in [2.05, 4.69) is 32.2 Å². The molecule has 0 radical (unpaired) electrons. The third-order valence-corrected chi connectivity index (χ3v) is 5.35. The van der Waals surface area contributed by atoms with E-state index in [0.29, 0.717) is 28.3 Å². The monoisotopic (exact) mass is 480 g/mol. The normalized spacial score (nSPS) is 12.1. The summed E-state index contributed by atoms with van der Waals surface area (Å²) in [6, 6.07) is 19.0. The summed E-state index contributed by atoms with van der Waals surface area (Å²) in [7, 11) is 3.96. The number of anilines is 1. The molecule has 0 aliphatic rings. The number of hydrogen-bond donors (Lipinski definition) is 2. The molecule has 2 aromatic heterocycles. The molecule has 2 heterocycles. The molecule has 4 aromatic rings. The summed E-state index contributed by atoms with van der Waals surface area (Å²) >= 11 is 0. The minimum Gasteiger partial charge on any atom is -0.456 e. The van der Waals surface area contributed by atoms with Crippen LogP contribution >= 0.6 is 0 Å². The third-order valence-electron chi connectivity index (χ3n) is 5.35. The summed E-state index contributed by atoms with van der Waals surface area (Å²) in [5.74, 6) is 0.931. The van der Waals surface area contributed by atoms with E-state index < -0.39 is 0 Å². The Labute approximate surface area is 210 Å². The number of amides is 1. The number of allylic oxidation sites excluding steroid dienone is 2.